The number of aromatic amines is 1. The van der Waals surface area contributed by atoms with Crippen molar-refractivity contribution < 1.29 is 14.1 Å². The number of aromatic nitrogens is 4. The number of H-pyrrole nitrogens is 1. The zero-order chi connectivity index (χ0) is 17.4. The molecular formula is C16H14N6O3. The maximum absolute atomic E-state index is 7.74. The highest BCUT2D eigenvalue weighted by Gasteiger charge is 2.36. The molecule has 126 valence electrons. The third-order valence-electron chi connectivity index (χ3n) is 4.20. The van der Waals surface area contributed by atoms with Crippen molar-refractivity contribution in [2.75, 3.05) is 19.5 Å². The molecule has 9 nitrogen and oxygen atoms in total. The second kappa shape index (κ2) is 6.01. The topological polar surface area (TPSA) is 102 Å². The average molecular weight is 338 g/mol. The van der Waals surface area contributed by atoms with Crippen LogP contribution >= 0.6 is 0 Å². The minimum atomic E-state index is -0.710. The SMILES string of the molecule is [C-]#[N+]C1=C(C(OC)OC)Nc2[nH]ncc2C1c1cccc2nonc12. The second-order valence-corrected chi connectivity index (χ2v) is 5.45. The van der Waals surface area contributed by atoms with Crippen LogP contribution in [-0.2, 0) is 9.47 Å². The molecule has 0 aliphatic carbocycles. The summed E-state index contributed by atoms with van der Waals surface area (Å²) in [5, 5.41) is 18.1. The summed E-state index contributed by atoms with van der Waals surface area (Å²) in [6.45, 7) is 7.74. The maximum Gasteiger partial charge on any atom is 0.201 e. The minimum Gasteiger partial charge on any atom is -0.352 e. The number of anilines is 1. The molecule has 9 heteroatoms. The zero-order valence-electron chi connectivity index (χ0n) is 13.5. The quantitative estimate of drug-likeness (QED) is 0.555. The van der Waals surface area contributed by atoms with E-state index in [1.54, 1.807) is 6.20 Å². The van der Waals surface area contributed by atoms with Gasteiger partial charge in [-0.3, -0.25) is 5.10 Å². The number of fused-ring (bicyclic) bond motifs is 2. The van der Waals surface area contributed by atoms with E-state index in [9.17, 15) is 0 Å². The molecule has 0 saturated heterocycles. The molecule has 1 atom stereocenters. The van der Waals surface area contributed by atoms with E-state index < -0.39 is 12.2 Å². The highest BCUT2D eigenvalue weighted by atomic mass is 16.7. The third-order valence-corrected chi connectivity index (χ3v) is 4.20. The Morgan fingerprint density at radius 2 is 2.08 bits per heavy atom. The van der Waals surface area contributed by atoms with E-state index in [-0.39, 0.29) is 0 Å². The van der Waals surface area contributed by atoms with Crippen molar-refractivity contribution in [1.29, 1.82) is 0 Å². The van der Waals surface area contributed by atoms with Crippen LogP contribution in [0.2, 0.25) is 0 Å². The lowest BCUT2D eigenvalue weighted by Crippen LogP contribution is -2.28. The van der Waals surface area contributed by atoms with Gasteiger partial charge in [-0.05, 0) is 21.9 Å². The van der Waals surface area contributed by atoms with Gasteiger partial charge >= 0.3 is 0 Å². The van der Waals surface area contributed by atoms with Crippen molar-refractivity contribution in [3.8, 4) is 0 Å². The first-order chi connectivity index (χ1) is 12.3. The van der Waals surface area contributed by atoms with Gasteiger partial charge in [0.2, 0.25) is 5.70 Å². The lowest BCUT2D eigenvalue weighted by atomic mass is 9.86. The Labute approximate surface area is 142 Å². The molecular weight excluding hydrogens is 324 g/mol. The van der Waals surface area contributed by atoms with Crippen LogP contribution in [0, 0.1) is 6.57 Å². The highest BCUT2D eigenvalue weighted by Crippen LogP contribution is 2.44. The molecule has 0 radical (unpaired) electrons. The summed E-state index contributed by atoms with van der Waals surface area (Å²) >= 11 is 0. The number of nitrogens with one attached hydrogen (secondary N) is 2. The Balaban J connectivity index is 1.98. The normalized spacial score (nSPS) is 16.8. The second-order valence-electron chi connectivity index (χ2n) is 5.45. The predicted molar refractivity (Wildman–Crippen MR) is 87.3 cm³/mol. The van der Waals surface area contributed by atoms with Crippen LogP contribution in [-0.4, -0.2) is 41.0 Å². The van der Waals surface area contributed by atoms with Gasteiger partial charge in [-0.25, -0.2) is 9.47 Å². The highest BCUT2D eigenvalue weighted by molar-refractivity contribution is 5.80. The minimum absolute atomic E-state index is 0.397. The first kappa shape index (κ1) is 15.3. The van der Waals surface area contributed by atoms with Crippen molar-refractivity contribution >= 4 is 16.9 Å². The first-order valence-corrected chi connectivity index (χ1v) is 7.47. The Kier molecular flexibility index (Phi) is 3.68. The Morgan fingerprint density at radius 3 is 2.84 bits per heavy atom. The van der Waals surface area contributed by atoms with Crippen molar-refractivity contribution in [3.05, 3.63) is 58.3 Å². The smallest absolute Gasteiger partial charge is 0.201 e. The Morgan fingerprint density at radius 1 is 1.24 bits per heavy atom. The standard InChI is InChI=1S/C16H14N6O3/c1-17-13-11(8-5-4-6-10-12(8)22-25-21-10)9-7-18-20-15(9)19-14(13)16(23-2)24-3/h4-7,11,16H,2-3H3,(H2,18,19,20). The molecule has 1 aliphatic heterocycles. The van der Waals surface area contributed by atoms with Gasteiger partial charge in [0.1, 0.15) is 16.9 Å². The van der Waals surface area contributed by atoms with E-state index in [0.717, 1.165) is 11.1 Å². The van der Waals surface area contributed by atoms with Gasteiger partial charge in [0, 0.05) is 19.8 Å². The van der Waals surface area contributed by atoms with Gasteiger partial charge in [-0.1, -0.05) is 12.1 Å². The van der Waals surface area contributed by atoms with E-state index >= 15 is 0 Å². The largest absolute Gasteiger partial charge is 0.352 e. The number of hydrogen-bond acceptors (Lipinski definition) is 7. The summed E-state index contributed by atoms with van der Waals surface area (Å²) in [7, 11) is 3.04. The molecule has 1 unspecified atom stereocenters. The Hall–Kier alpha value is -3.22. The predicted octanol–water partition coefficient (Wildman–Crippen LogP) is 2.25. The van der Waals surface area contributed by atoms with Gasteiger partial charge in [0.05, 0.1) is 24.4 Å². The zero-order valence-corrected chi connectivity index (χ0v) is 13.5. The van der Waals surface area contributed by atoms with Crippen LogP contribution in [0.5, 0.6) is 0 Å². The average Bonchev–Trinajstić information content (AvgIpc) is 3.30. The molecule has 0 saturated carbocycles. The molecule has 25 heavy (non-hydrogen) atoms. The summed E-state index contributed by atoms with van der Waals surface area (Å²) in [6, 6.07) is 5.56. The molecule has 0 bridgehead atoms. The molecule has 0 fully saturated rings. The van der Waals surface area contributed by atoms with Gasteiger partial charge in [-0.2, -0.15) is 5.10 Å². The van der Waals surface area contributed by atoms with Gasteiger partial charge in [-0.15, -0.1) is 0 Å². The summed E-state index contributed by atoms with van der Waals surface area (Å²) in [4.78, 5) is 3.76. The van der Waals surface area contributed by atoms with Crippen molar-refractivity contribution in [3.63, 3.8) is 0 Å². The molecule has 3 aromatic rings. The van der Waals surface area contributed by atoms with Crippen LogP contribution < -0.4 is 5.32 Å². The lowest BCUT2D eigenvalue weighted by Gasteiger charge is -2.29. The maximum atomic E-state index is 7.74. The van der Waals surface area contributed by atoms with Crippen LogP contribution in [0.1, 0.15) is 17.0 Å². The van der Waals surface area contributed by atoms with Gasteiger partial charge in [0.15, 0.2) is 6.29 Å². The third kappa shape index (κ3) is 2.27. The monoisotopic (exact) mass is 338 g/mol. The fourth-order valence-corrected chi connectivity index (χ4v) is 3.13. The molecule has 3 heterocycles. The molecule has 0 spiro atoms. The summed E-state index contributed by atoms with van der Waals surface area (Å²) in [6.07, 6.45) is 0.980. The Bertz CT molecular complexity index is 995. The molecule has 1 aromatic carbocycles. The fraction of sp³-hybridized carbons (Fsp3) is 0.250. The molecule has 4 rings (SSSR count). The number of nitrogens with zero attached hydrogens (tertiary/aromatic N) is 4. The van der Waals surface area contributed by atoms with Crippen LogP contribution in [0.3, 0.4) is 0 Å². The fourth-order valence-electron chi connectivity index (χ4n) is 3.13. The summed E-state index contributed by atoms with van der Waals surface area (Å²) in [5.74, 6) is 0.283. The summed E-state index contributed by atoms with van der Waals surface area (Å²) < 4.78 is 15.6. The van der Waals surface area contributed by atoms with E-state index in [4.69, 9.17) is 20.7 Å². The van der Waals surface area contributed by atoms with Crippen LogP contribution in [0.25, 0.3) is 15.9 Å². The van der Waals surface area contributed by atoms with E-state index in [1.807, 2.05) is 18.2 Å². The number of hydrogen-bond donors (Lipinski definition) is 2. The number of benzene rings is 1. The van der Waals surface area contributed by atoms with E-state index in [0.29, 0.717) is 28.2 Å². The van der Waals surface area contributed by atoms with Crippen molar-refractivity contribution in [2.45, 2.75) is 12.2 Å². The van der Waals surface area contributed by atoms with Gasteiger partial charge < -0.3 is 14.8 Å². The number of allylic oxidation sites excluding steroid dienone is 1. The van der Waals surface area contributed by atoms with E-state index in [1.165, 1.54) is 14.2 Å². The number of rotatable bonds is 4. The summed E-state index contributed by atoms with van der Waals surface area (Å²) in [5.41, 5.74) is 3.83. The van der Waals surface area contributed by atoms with E-state index in [2.05, 4.69) is 30.7 Å². The van der Waals surface area contributed by atoms with Gasteiger partial charge in [0.25, 0.3) is 0 Å². The van der Waals surface area contributed by atoms with Crippen LogP contribution in [0.15, 0.2) is 40.4 Å². The lowest BCUT2D eigenvalue weighted by molar-refractivity contribution is -0.0747. The van der Waals surface area contributed by atoms with Crippen molar-refractivity contribution in [1.82, 2.24) is 20.5 Å². The number of methoxy groups -OCH3 is 2. The number of ether oxygens (including phenoxy) is 2. The van der Waals surface area contributed by atoms with Crippen LogP contribution in [0.4, 0.5) is 5.82 Å². The molecule has 2 aromatic heterocycles. The molecule has 0 amide bonds. The first-order valence-electron chi connectivity index (χ1n) is 7.47. The molecule has 2 N–H and O–H groups in total. The molecule has 1 aliphatic rings. The van der Waals surface area contributed by atoms with Crippen molar-refractivity contribution in [2.24, 2.45) is 0 Å².